The van der Waals surface area contributed by atoms with E-state index in [1.54, 1.807) is 6.07 Å². The number of anilines is 1. The zero-order valence-electron chi connectivity index (χ0n) is 14.2. The predicted molar refractivity (Wildman–Crippen MR) is 106 cm³/mol. The number of aromatic amines is 1. The summed E-state index contributed by atoms with van der Waals surface area (Å²) < 4.78 is 0. The minimum Gasteiger partial charge on any atom is -0.366 e. The molecule has 7 heteroatoms. The molecule has 2 heterocycles. The van der Waals surface area contributed by atoms with Crippen LogP contribution in [0.15, 0.2) is 60.7 Å². The molecular weight excluding hydrogens is 360 g/mol. The monoisotopic (exact) mass is 376 g/mol. The minimum absolute atomic E-state index is 0.277. The molecule has 0 unspecified atom stereocenters. The Bertz CT molecular complexity index is 1130. The first-order chi connectivity index (χ1) is 13.1. The van der Waals surface area contributed by atoms with E-state index in [0.29, 0.717) is 17.0 Å². The molecule has 0 spiro atoms. The smallest absolute Gasteiger partial charge is 0.277 e. The van der Waals surface area contributed by atoms with E-state index < -0.39 is 5.91 Å². The number of carbonyl (C=O) groups excluding carboxylic acids is 2. The summed E-state index contributed by atoms with van der Waals surface area (Å²) in [5.41, 5.74) is 7.97. The Hall–Kier alpha value is -3.45. The number of rotatable bonds is 5. The first-order valence-electron chi connectivity index (χ1n) is 8.32. The van der Waals surface area contributed by atoms with Crippen molar-refractivity contribution in [2.45, 2.75) is 6.42 Å². The van der Waals surface area contributed by atoms with Gasteiger partial charge in [-0.15, -0.1) is 11.3 Å². The van der Waals surface area contributed by atoms with Gasteiger partial charge in [-0.1, -0.05) is 48.5 Å². The van der Waals surface area contributed by atoms with Crippen molar-refractivity contribution in [3.63, 3.8) is 0 Å². The van der Waals surface area contributed by atoms with Gasteiger partial charge in [-0.25, -0.2) is 0 Å². The summed E-state index contributed by atoms with van der Waals surface area (Å²) in [5, 5.41) is 10.9. The number of amides is 2. The zero-order chi connectivity index (χ0) is 18.8. The third-order valence-corrected chi connectivity index (χ3v) is 5.23. The van der Waals surface area contributed by atoms with Crippen molar-refractivity contribution in [2.24, 2.45) is 5.73 Å². The average molecular weight is 376 g/mol. The van der Waals surface area contributed by atoms with Gasteiger partial charge in [0.1, 0.15) is 5.00 Å². The van der Waals surface area contributed by atoms with Crippen LogP contribution in [0.2, 0.25) is 0 Å². The summed E-state index contributed by atoms with van der Waals surface area (Å²) in [7, 11) is 0. The standard InChI is InChI=1S/C20H16N4O2S/c21-18(25)15-11-13(10-12-6-2-1-3-7-12)27-20(15)22-19(26)17-14-8-4-5-9-16(14)23-24-17/h1-9,11H,10H2,(H2,21,25)(H,22,26)(H,23,24). The fourth-order valence-electron chi connectivity index (χ4n) is 2.90. The third-order valence-electron chi connectivity index (χ3n) is 4.18. The quantitative estimate of drug-likeness (QED) is 0.496. The van der Waals surface area contributed by atoms with Crippen LogP contribution in [0.4, 0.5) is 5.00 Å². The maximum Gasteiger partial charge on any atom is 0.277 e. The second-order valence-electron chi connectivity index (χ2n) is 6.05. The fourth-order valence-corrected chi connectivity index (χ4v) is 3.99. The van der Waals surface area contributed by atoms with Crippen molar-refractivity contribution >= 4 is 39.1 Å². The molecule has 0 aliphatic heterocycles. The Morgan fingerprint density at radius 2 is 1.81 bits per heavy atom. The van der Waals surface area contributed by atoms with Crippen LogP contribution in [0.25, 0.3) is 10.9 Å². The van der Waals surface area contributed by atoms with Crippen molar-refractivity contribution < 1.29 is 9.59 Å². The van der Waals surface area contributed by atoms with E-state index in [0.717, 1.165) is 21.3 Å². The van der Waals surface area contributed by atoms with Gasteiger partial charge in [-0.2, -0.15) is 5.10 Å². The van der Waals surface area contributed by atoms with Gasteiger partial charge in [0.05, 0.1) is 11.1 Å². The van der Waals surface area contributed by atoms with Crippen LogP contribution in [0.5, 0.6) is 0 Å². The number of hydrogen-bond acceptors (Lipinski definition) is 4. The normalized spacial score (nSPS) is 10.8. The molecule has 6 nitrogen and oxygen atoms in total. The molecule has 0 bridgehead atoms. The first-order valence-corrected chi connectivity index (χ1v) is 9.14. The number of primary amides is 1. The van der Waals surface area contributed by atoms with Crippen LogP contribution in [0.3, 0.4) is 0 Å². The molecule has 0 atom stereocenters. The van der Waals surface area contributed by atoms with Crippen molar-refractivity contribution in [3.8, 4) is 0 Å². The maximum atomic E-state index is 12.7. The first kappa shape index (κ1) is 17.0. The number of thiophene rings is 1. The lowest BCUT2D eigenvalue weighted by atomic mass is 10.1. The molecule has 134 valence electrons. The summed E-state index contributed by atoms with van der Waals surface area (Å²) >= 11 is 1.34. The number of para-hydroxylation sites is 1. The van der Waals surface area contributed by atoms with Gasteiger partial charge in [-0.05, 0) is 17.7 Å². The SMILES string of the molecule is NC(=O)c1cc(Cc2ccccc2)sc1NC(=O)c1n[nH]c2ccccc12. The predicted octanol–water partition coefficient (Wildman–Crippen LogP) is 3.57. The number of aromatic nitrogens is 2. The maximum absolute atomic E-state index is 12.7. The molecule has 2 aromatic heterocycles. The number of nitrogens with two attached hydrogens (primary N) is 1. The van der Waals surface area contributed by atoms with E-state index in [9.17, 15) is 9.59 Å². The molecule has 2 aromatic carbocycles. The lowest BCUT2D eigenvalue weighted by molar-refractivity contribution is 0.100. The van der Waals surface area contributed by atoms with Gasteiger partial charge in [0.2, 0.25) is 0 Å². The number of H-pyrrole nitrogens is 1. The summed E-state index contributed by atoms with van der Waals surface area (Å²) in [5.74, 6) is -0.962. The summed E-state index contributed by atoms with van der Waals surface area (Å²) in [6.45, 7) is 0. The van der Waals surface area contributed by atoms with Gasteiger partial charge >= 0.3 is 0 Å². The van der Waals surface area contributed by atoms with Crippen LogP contribution >= 0.6 is 11.3 Å². The molecule has 27 heavy (non-hydrogen) atoms. The molecule has 0 aliphatic carbocycles. The van der Waals surface area contributed by atoms with Crippen LogP contribution in [-0.4, -0.2) is 22.0 Å². The molecule has 4 rings (SSSR count). The number of hydrogen-bond donors (Lipinski definition) is 3. The Kier molecular flexibility index (Phi) is 4.43. The van der Waals surface area contributed by atoms with Crippen molar-refractivity contribution in [1.82, 2.24) is 10.2 Å². The highest BCUT2D eigenvalue weighted by Gasteiger charge is 2.19. The lowest BCUT2D eigenvalue weighted by Gasteiger charge is -2.02. The molecule has 0 aliphatic rings. The molecule has 2 amide bonds. The number of nitrogens with one attached hydrogen (secondary N) is 2. The Balaban J connectivity index is 1.62. The lowest BCUT2D eigenvalue weighted by Crippen LogP contribution is -2.17. The van der Waals surface area contributed by atoms with E-state index >= 15 is 0 Å². The molecule has 4 N–H and O–H groups in total. The van der Waals surface area contributed by atoms with Gasteiger partial charge < -0.3 is 11.1 Å². The van der Waals surface area contributed by atoms with E-state index in [1.165, 1.54) is 11.3 Å². The van der Waals surface area contributed by atoms with Crippen molar-refractivity contribution in [2.75, 3.05) is 5.32 Å². The number of carbonyl (C=O) groups is 2. The van der Waals surface area contributed by atoms with Crippen LogP contribution in [0, 0.1) is 0 Å². The summed E-state index contributed by atoms with van der Waals surface area (Å²) in [6, 6.07) is 19.0. The van der Waals surface area contributed by atoms with E-state index in [1.807, 2.05) is 54.6 Å². The van der Waals surface area contributed by atoms with Crippen LogP contribution in [-0.2, 0) is 6.42 Å². The third kappa shape index (κ3) is 3.45. The second-order valence-corrected chi connectivity index (χ2v) is 7.19. The molecule has 0 saturated heterocycles. The molecule has 4 aromatic rings. The van der Waals surface area contributed by atoms with Crippen LogP contribution in [0.1, 0.15) is 31.3 Å². The van der Waals surface area contributed by atoms with E-state index in [2.05, 4.69) is 15.5 Å². The Labute approximate surface area is 159 Å². The molecule has 0 saturated carbocycles. The Morgan fingerprint density at radius 3 is 2.59 bits per heavy atom. The van der Waals surface area contributed by atoms with Gasteiger partial charge in [0.25, 0.3) is 11.8 Å². The topological polar surface area (TPSA) is 101 Å². The largest absolute Gasteiger partial charge is 0.366 e. The van der Waals surface area contributed by atoms with E-state index in [-0.39, 0.29) is 11.6 Å². The zero-order valence-corrected chi connectivity index (χ0v) is 15.0. The van der Waals surface area contributed by atoms with Gasteiger partial charge in [-0.3, -0.25) is 14.7 Å². The number of benzene rings is 2. The molecule has 0 fully saturated rings. The summed E-state index contributed by atoms with van der Waals surface area (Å²) in [4.78, 5) is 25.5. The van der Waals surface area contributed by atoms with Crippen molar-refractivity contribution in [3.05, 3.63) is 82.4 Å². The highest BCUT2D eigenvalue weighted by Crippen LogP contribution is 2.30. The van der Waals surface area contributed by atoms with Crippen LogP contribution < -0.4 is 11.1 Å². The van der Waals surface area contributed by atoms with E-state index in [4.69, 9.17) is 5.73 Å². The highest BCUT2D eigenvalue weighted by molar-refractivity contribution is 7.16. The van der Waals surface area contributed by atoms with Gasteiger partial charge in [0.15, 0.2) is 5.69 Å². The Morgan fingerprint density at radius 1 is 1.07 bits per heavy atom. The van der Waals surface area contributed by atoms with Crippen molar-refractivity contribution in [1.29, 1.82) is 0 Å². The molecule has 0 radical (unpaired) electrons. The molecular formula is C20H16N4O2S. The minimum atomic E-state index is -0.576. The second kappa shape index (κ2) is 7.05. The number of nitrogens with zero attached hydrogens (tertiary/aromatic N) is 1. The highest BCUT2D eigenvalue weighted by atomic mass is 32.1. The summed E-state index contributed by atoms with van der Waals surface area (Å²) in [6.07, 6.45) is 0.660. The van der Waals surface area contributed by atoms with Gasteiger partial charge in [0, 0.05) is 16.7 Å². The average Bonchev–Trinajstić information content (AvgIpc) is 3.26. The number of fused-ring (bicyclic) bond motifs is 1. The fraction of sp³-hybridized carbons (Fsp3) is 0.0500.